The van der Waals surface area contributed by atoms with Gasteiger partial charge in [0.05, 0.1) is 5.33 Å². The quantitative estimate of drug-likeness (QED) is 0.438. The molecule has 0 saturated heterocycles. The van der Waals surface area contributed by atoms with E-state index in [4.69, 9.17) is 22.7 Å². The monoisotopic (exact) mass is 416 g/mol. The Labute approximate surface area is 151 Å². The minimum absolute atomic E-state index is 0.0691. The molecule has 2 aromatic rings. The molecule has 0 radical (unpaired) electrons. The average Bonchev–Trinajstić information content (AvgIpc) is 2.61. The summed E-state index contributed by atoms with van der Waals surface area (Å²) in [5, 5.41) is 9.14. The third kappa shape index (κ3) is 8.69. The standard InChI is InChI=1S/C9H6F2O.C6H4F2O.C3H3Br/c1-2-6-12-8-5-3-4-7(10)9(8)11;7-4-2-1-3-5(9)6(4)8;1-2-3-4/h1,3-5H,6H2;1-3,9H;1H,3H2. The maximum absolute atomic E-state index is 12.8. The molecule has 0 aliphatic carbocycles. The van der Waals surface area contributed by atoms with Crippen LogP contribution in [0.5, 0.6) is 11.5 Å². The predicted octanol–water partition coefficient (Wildman–Crippen LogP) is 4.66. The van der Waals surface area contributed by atoms with Crippen molar-refractivity contribution in [3.8, 4) is 36.2 Å². The second kappa shape index (κ2) is 12.7. The average molecular weight is 417 g/mol. The number of terminal acetylenes is 2. The van der Waals surface area contributed by atoms with Crippen LogP contribution in [0.15, 0.2) is 36.4 Å². The van der Waals surface area contributed by atoms with E-state index >= 15 is 0 Å². The summed E-state index contributed by atoms with van der Waals surface area (Å²) in [4.78, 5) is 0. The molecule has 0 fully saturated rings. The van der Waals surface area contributed by atoms with Crippen LogP contribution in [0, 0.1) is 48.0 Å². The number of ether oxygens (including phenoxy) is 1. The number of hydrogen-bond acceptors (Lipinski definition) is 2. The van der Waals surface area contributed by atoms with Crippen LogP contribution in [0.2, 0.25) is 0 Å². The van der Waals surface area contributed by atoms with Crippen LogP contribution in [0.3, 0.4) is 0 Å². The fourth-order valence-electron chi connectivity index (χ4n) is 1.21. The maximum atomic E-state index is 12.8. The van der Waals surface area contributed by atoms with Crippen molar-refractivity contribution in [2.45, 2.75) is 0 Å². The largest absolute Gasteiger partial charge is 0.505 e. The van der Waals surface area contributed by atoms with Crippen molar-refractivity contribution in [3.05, 3.63) is 59.7 Å². The first-order valence-electron chi connectivity index (χ1n) is 6.51. The molecule has 0 amide bonds. The first-order valence-corrected chi connectivity index (χ1v) is 7.63. The minimum atomic E-state index is -1.20. The molecule has 132 valence electrons. The molecular formula is C18H13BrF4O2. The van der Waals surface area contributed by atoms with E-state index in [9.17, 15) is 17.6 Å². The summed E-state index contributed by atoms with van der Waals surface area (Å²) in [6.07, 6.45) is 9.60. The van der Waals surface area contributed by atoms with Gasteiger partial charge in [-0.05, 0) is 24.3 Å². The molecule has 0 bridgehead atoms. The van der Waals surface area contributed by atoms with Crippen molar-refractivity contribution < 1.29 is 27.4 Å². The topological polar surface area (TPSA) is 29.5 Å². The van der Waals surface area contributed by atoms with Gasteiger partial charge in [-0.1, -0.05) is 39.9 Å². The zero-order chi connectivity index (χ0) is 19.2. The highest BCUT2D eigenvalue weighted by atomic mass is 79.9. The van der Waals surface area contributed by atoms with Gasteiger partial charge in [-0.25, -0.2) is 8.78 Å². The lowest BCUT2D eigenvalue weighted by Crippen LogP contribution is -1.97. The van der Waals surface area contributed by atoms with Crippen molar-refractivity contribution in [1.29, 1.82) is 0 Å². The van der Waals surface area contributed by atoms with Crippen LogP contribution in [0.4, 0.5) is 17.6 Å². The number of phenols is 1. The molecule has 1 N–H and O–H groups in total. The van der Waals surface area contributed by atoms with E-state index in [1.807, 2.05) is 0 Å². The summed E-state index contributed by atoms with van der Waals surface area (Å²) in [6.45, 7) is -0.0691. The SMILES string of the molecule is C#CCBr.C#CCOc1cccc(F)c1F.Oc1cccc(F)c1F. The van der Waals surface area contributed by atoms with Gasteiger partial charge in [0, 0.05) is 0 Å². The molecule has 25 heavy (non-hydrogen) atoms. The van der Waals surface area contributed by atoms with Gasteiger partial charge in [-0.15, -0.1) is 12.8 Å². The molecule has 2 rings (SSSR count). The Hall–Kier alpha value is -2.64. The zero-order valence-electron chi connectivity index (χ0n) is 12.8. The van der Waals surface area contributed by atoms with Crippen molar-refractivity contribution in [3.63, 3.8) is 0 Å². The van der Waals surface area contributed by atoms with Gasteiger partial charge in [0.1, 0.15) is 6.61 Å². The summed E-state index contributed by atoms with van der Waals surface area (Å²) in [5.74, 6) is -0.494. The van der Waals surface area contributed by atoms with Gasteiger partial charge in [-0.2, -0.15) is 8.78 Å². The van der Waals surface area contributed by atoms with E-state index < -0.39 is 29.0 Å². The van der Waals surface area contributed by atoms with E-state index in [0.29, 0.717) is 5.33 Å². The van der Waals surface area contributed by atoms with Crippen LogP contribution in [-0.4, -0.2) is 17.0 Å². The Morgan fingerprint density at radius 1 is 0.920 bits per heavy atom. The number of rotatable bonds is 2. The molecule has 0 unspecified atom stereocenters. The lowest BCUT2D eigenvalue weighted by molar-refractivity contribution is 0.338. The number of phenolic OH excluding ortho intramolecular Hbond substituents is 1. The molecule has 2 aromatic carbocycles. The number of aromatic hydroxyl groups is 1. The number of halogens is 5. The molecule has 0 saturated carbocycles. The summed E-state index contributed by atoms with van der Waals surface area (Å²) in [5.41, 5.74) is 0. The number of hydrogen-bond donors (Lipinski definition) is 1. The smallest absolute Gasteiger partial charge is 0.200 e. The van der Waals surface area contributed by atoms with Crippen LogP contribution in [-0.2, 0) is 0 Å². The minimum Gasteiger partial charge on any atom is -0.505 e. The van der Waals surface area contributed by atoms with Crippen LogP contribution >= 0.6 is 15.9 Å². The van der Waals surface area contributed by atoms with Crippen LogP contribution in [0.1, 0.15) is 0 Å². The van der Waals surface area contributed by atoms with Crippen LogP contribution < -0.4 is 4.74 Å². The van der Waals surface area contributed by atoms with Crippen LogP contribution in [0.25, 0.3) is 0 Å². The second-order valence-electron chi connectivity index (χ2n) is 3.96. The Kier molecular flexibility index (Phi) is 11.4. The maximum Gasteiger partial charge on any atom is 0.200 e. The van der Waals surface area contributed by atoms with Gasteiger partial charge in [0.2, 0.25) is 5.82 Å². The fraction of sp³-hybridized carbons (Fsp3) is 0.111. The highest BCUT2D eigenvalue weighted by Gasteiger charge is 2.07. The van der Waals surface area contributed by atoms with E-state index in [2.05, 4.69) is 27.8 Å². The van der Waals surface area contributed by atoms with Gasteiger partial charge < -0.3 is 9.84 Å². The van der Waals surface area contributed by atoms with Gasteiger partial charge in [-0.3, -0.25) is 0 Å². The van der Waals surface area contributed by atoms with Gasteiger partial charge in [0.25, 0.3) is 0 Å². The fourth-order valence-corrected chi connectivity index (χ4v) is 1.21. The molecule has 0 aromatic heterocycles. The Morgan fingerprint density at radius 2 is 1.44 bits per heavy atom. The van der Waals surface area contributed by atoms with Crippen molar-refractivity contribution >= 4 is 15.9 Å². The van der Waals surface area contributed by atoms with Crippen molar-refractivity contribution in [1.82, 2.24) is 0 Å². The number of alkyl halides is 1. The highest BCUT2D eigenvalue weighted by Crippen LogP contribution is 2.18. The third-order valence-corrected chi connectivity index (χ3v) is 2.56. The lowest BCUT2D eigenvalue weighted by Gasteiger charge is -2.02. The second-order valence-corrected chi connectivity index (χ2v) is 4.52. The van der Waals surface area contributed by atoms with E-state index in [-0.39, 0.29) is 12.4 Å². The summed E-state index contributed by atoms with van der Waals surface area (Å²) < 4.78 is 54.1. The van der Waals surface area contributed by atoms with Gasteiger partial charge >= 0.3 is 0 Å². The predicted molar refractivity (Wildman–Crippen MR) is 91.3 cm³/mol. The molecule has 0 aliphatic heterocycles. The lowest BCUT2D eigenvalue weighted by atomic mass is 10.3. The van der Waals surface area contributed by atoms with Crippen molar-refractivity contribution in [2.24, 2.45) is 0 Å². The highest BCUT2D eigenvalue weighted by molar-refractivity contribution is 9.09. The molecular weight excluding hydrogens is 404 g/mol. The van der Waals surface area contributed by atoms with Gasteiger partial charge in [0.15, 0.2) is 29.0 Å². The Bertz CT molecular complexity index is 731. The first kappa shape index (κ1) is 22.4. The molecule has 7 heteroatoms. The normalized spacial score (nSPS) is 8.60. The first-order chi connectivity index (χ1) is 11.9. The molecule has 0 spiro atoms. The van der Waals surface area contributed by atoms with E-state index in [1.54, 1.807) is 0 Å². The Morgan fingerprint density at radius 3 is 1.88 bits per heavy atom. The van der Waals surface area contributed by atoms with E-state index in [1.165, 1.54) is 18.2 Å². The van der Waals surface area contributed by atoms with Crippen molar-refractivity contribution in [2.75, 3.05) is 11.9 Å². The summed E-state index contributed by atoms with van der Waals surface area (Å²) >= 11 is 3.01. The molecule has 2 nitrogen and oxygen atoms in total. The third-order valence-electron chi connectivity index (χ3n) is 2.24. The van der Waals surface area contributed by atoms with E-state index in [0.717, 1.165) is 18.2 Å². The molecule has 0 atom stereocenters. The summed E-state index contributed by atoms with van der Waals surface area (Å²) in [7, 11) is 0. The summed E-state index contributed by atoms with van der Waals surface area (Å²) in [6, 6.07) is 6.93. The number of benzene rings is 2. The molecule has 0 aliphatic rings. The molecule has 0 heterocycles. The zero-order valence-corrected chi connectivity index (χ0v) is 14.4. The Balaban J connectivity index is 0.000000391.